The Morgan fingerprint density at radius 2 is 2.24 bits per heavy atom. The fourth-order valence-corrected chi connectivity index (χ4v) is 1.99. The van der Waals surface area contributed by atoms with E-state index in [2.05, 4.69) is 12.2 Å². The lowest BCUT2D eigenvalue weighted by Crippen LogP contribution is -2.36. The van der Waals surface area contributed by atoms with Crippen molar-refractivity contribution in [3.8, 4) is 0 Å². The predicted octanol–water partition coefficient (Wildman–Crippen LogP) is 2.17. The van der Waals surface area contributed by atoms with Gasteiger partial charge in [-0.25, -0.2) is 4.79 Å². The molecule has 1 fully saturated rings. The van der Waals surface area contributed by atoms with Crippen LogP contribution in [0.15, 0.2) is 0 Å². The van der Waals surface area contributed by atoms with E-state index in [1.807, 2.05) is 6.92 Å². The minimum absolute atomic E-state index is 0.0446. The Morgan fingerprint density at radius 3 is 2.82 bits per heavy atom. The molecule has 1 aliphatic rings. The summed E-state index contributed by atoms with van der Waals surface area (Å²) in [6.07, 6.45) is 6.60. The lowest BCUT2D eigenvalue weighted by atomic mass is 10.1. The Balaban J connectivity index is 2.14. The summed E-state index contributed by atoms with van der Waals surface area (Å²) in [6.45, 7) is 4.09. The van der Waals surface area contributed by atoms with Gasteiger partial charge in [-0.2, -0.15) is 0 Å². The normalized spacial score (nSPS) is 21.1. The summed E-state index contributed by atoms with van der Waals surface area (Å²) in [5, 5.41) is 2.62. The maximum Gasteiger partial charge on any atom is 0.328 e. The highest BCUT2D eigenvalue weighted by atomic mass is 16.5. The number of unbranched alkanes of at least 4 members (excludes halogenated alkanes) is 3. The van der Waals surface area contributed by atoms with Gasteiger partial charge in [-0.15, -0.1) is 0 Å². The quantitative estimate of drug-likeness (QED) is 0.549. The molecule has 0 bridgehead atoms. The van der Waals surface area contributed by atoms with Crippen LogP contribution in [0.5, 0.6) is 0 Å². The third-order valence-electron chi connectivity index (χ3n) is 3.06. The molecule has 0 spiro atoms. The third kappa shape index (κ3) is 5.20. The Hall–Kier alpha value is -1.06. The minimum atomic E-state index is -0.416. The maximum atomic E-state index is 11.7. The Labute approximate surface area is 103 Å². The average molecular weight is 241 g/mol. The summed E-state index contributed by atoms with van der Waals surface area (Å²) < 4.78 is 5.31. The second kappa shape index (κ2) is 7.30. The molecule has 98 valence electrons. The third-order valence-corrected chi connectivity index (χ3v) is 3.06. The molecule has 0 aromatic heterocycles. The van der Waals surface area contributed by atoms with E-state index in [0.29, 0.717) is 12.8 Å². The van der Waals surface area contributed by atoms with Crippen molar-refractivity contribution in [3.63, 3.8) is 0 Å². The molecule has 1 heterocycles. The molecule has 1 aliphatic heterocycles. The van der Waals surface area contributed by atoms with Gasteiger partial charge in [-0.05, 0) is 26.2 Å². The van der Waals surface area contributed by atoms with Crippen LogP contribution in [0, 0.1) is 0 Å². The van der Waals surface area contributed by atoms with E-state index in [0.717, 1.165) is 12.8 Å². The number of rotatable bonds is 7. The maximum absolute atomic E-state index is 11.7. The number of carbonyl (C=O) groups is 2. The standard InChI is InChI=1S/C13H23NO3/c1-3-4-5-6-7-10(2)17-13(16)11-8-9-12(15)14-11/h10-11H,3-9H2,1-2H3,(H,14,15)/t10-,11-/m0/s1. The van der Waals surface area contributed by atoms with Crippen LogP contribution in [0.2, 0.25) is 0 Å². The van der Waals surface area contributed by atoms with Gasteiger partial charge >= 0.3 is 5.97 Å². The number of hydrogen-bond acceptors (Lipinski definition) is 3. The van der Waals surface area contributed by atoms with E-state index >= 15 is 0 Å². The van der Waals surface area contributed by atoms with Crippen LogP contribution in [0.25, 0.3) is 0 Å². The number of carbonyl (C=O) groups excluding carboxylic acids is 2. The van der Waals surface area contributed by atoms with Crippen LogP contribution in [0.3, 0.4) is 0 Å². The molecule has 2 atom stereocenters. The molecule has 0 aromatic rings. The smallest absolute Gasteiger partial charge is 0.328 e. The first-order chi connectivity index (χ1) is 8.13. The molecule has 0 aliphatic carbocycles. The number of amides is 1. The van der Waals surface area contributed by atoms with Gasteiger partial charge in [-0.1, -0.05) is 26.2 Å². The fraction of sp³-hybridized carbons (Fsp3) is 0.846. The van der Waals surface area contributed by atoms with E-state index < -0.39 is 6.04 Å². The Kier molecular flexibility index (Phi) is 6.01. The number of ether oxygens (including phenoxy) is 1. The molecule has 1 saturated heterocycles. The van der Waals surface area contributed by atoms with Crippen molar-refractivity contribution in [1.29, 1.82) is 0 Å². The molecular formula is C13H23NO3. The van der Waals surface area contributed by atoms with Crippen LogP contribution in [-0.4, -0.2) is 24.0 Å². The molecule has 0 radical (unpaired) electrons. The second-order valence-electron chi connectivity index (χ2n) is 4.76. The average Bonchev–Trinajstić information content (AvgIpc) is 2.71. The zero-order chi connectivity index (χ0) is 12.7. The van der Waals surface area contributed by atoms with Crippen molar-refractivity contribution in [2.24, 2.45) is 0 Å². The highest BCUT2D eigenvalue weighted by Crippen LogP contribution is 2.12. The van der Waals surface area contributed by atoms with Crippen LogP contribution in [0.1, 0.15) is 58.8 Å². The van der Waals surface area contributed by atoms with Gasteiger partial charge in [0.15, 0.2) is 0 Å². The van der Waals surface area contributed by atoms with Crippen molar-refractivity contribution in [2.45, 2.75) is 70.9 Å². The summed E-state index contributed by atoms with van der Waals surface area (Å²) in [4.78, 5) is 22.6. The summed E-state index contributed by atoms with van der Waals surface area (Å²) in [7, 11) is 0. The van der Waals surface area contributed by atoms with Gasteiger partial charge in [0.1, 0.15) is 6.04 Å². The molecule has 0 unspecified atom stereocenters. The molecule has 0 aromatic carbocycles. The lowest BCUT2D eigenvalue weighted by Gasteiger charge is -2.16. The zero-order valence-corrected chi connectivity index (χ0v) is 10.8. The number of esters is 1. The van der Waals surface area contributed by atoms with Gasteiger partial charge in [0.2, 0.25) is 5.91 Å². The second-order valence-corrected chi connectivity index (χ2v) is 4.76. The van der Waals surface area contributed by atoms with Crippen LogP contribution in [-0.2, 0) is 14.3 Å². The van der Waals surface area contributed by atoms with Gasteiger partial charge < -0.3 is 10.1 Å². The molecule has 1 rings (SSSR count). The van der Waals surface area contributed by atoms with Gasteiger partial charge in [0.25, 0.3) is 0 Å². The number of hydrogen-bond donors (Lipinski definition) is 1. The topological polar surface area (TPSA) is 55.4 Å². The molecule has 0 saturated carbocycles. The van der Waals surface area contributed by atoms with Crippen LogP contribution >= 0.6 is 0 Å². The SMILES string of the molecule is CCCCCC[C@H](C)OC(=O)[C@@H]1CCC(=O)N1. The Morgan fingerprint density at radius 1 is 1.47 bits per heavy atom. The highest BCUT2D eigenvalue weighted by molar-refractivity contribution is 5.88. The van der Waals surface area contributed by atoms with Gasteiger partial charge in [-0.3, -0.25) is 4.79 Å². The molecule has 17 heavy (non-hydrogen) atoms. The summed E-state index contributed by atoms with van der Waals surface area (Å²) in [5.41, 5.74) is 0. The summed E-state index contributed by atoms with van der Waals surface area (Å²) >= 11 is 0. The van der Waals surface area contributed by atoms with E-state index in [4.69, 9.17) is 4.74 Å². The Bertz CT molecular complexity index is 265. The lowest BCUT2D eigenvalue weighted by molar-refractivity contribution is -0.151. The molecule has 1 amide bonds. The van der Waals surface area contributed by atoms with Crippen molar-refractivity contribution in [2.75, 3.05) is 0 Å². The van der Waals surface area contributed by atoms with Crippen molar-refractivity contribution in [3.05, 3.63) is 0 Å². The van der Waals surface area contributed by atoms with Crippen molar-refractivity contribution < 1.29 is 14.3 Å². The van der Waals surface area contributed by atoms with E-state index in [9.17, 15) is 9.59 Å². The zero-order valence-electron chi connectivity index (χ0n) is 10.8. The minimum Gasteiger partial charge on any atom is -0.461 e. The highest BCUT2D eigenvalue weighted by Gasteiger charge is 2.29. The van der Waals surface area contributed by atoms with Gasteiger partial charge in [0, 0.05) is 6.42 Å². The summed E-state index contributed by atoms with van der Waals surface area (Å²) in [5.74, 6) is -0.332. The number of nitrogens with one attached hydrogen (secondary N) is 1. The first kappa shape index (κ1) is 14.0. The molecule has 4 heteroatoms. The van der Waals surface area contributed by atoms with Gasteiger partial charge in [0.05, 0.1) is 6.10 Å². The fourth-order valence-electron chi connectivity index (χ4n) is 1.99. The molecule has 1 N–H and O–H groups in total. The van der Waals surface area contributed by atoms with Crippen molar-refractivity contribution in [1.82, 2.24) is 5.32 Å². The van der Waals surface area contributed by atoms with Crippen LogP contribution in [0.4, 0.5) is 0 Å². The monoisotopic (exact) mass is 241 g/mol. The van der Waals surface area contributed by atoms with Crippen LogP contribution < -0.4 is 5.32 Å². The predicted molar refractivity (Wildman–Crippen MR) is 65.5 cm³/mol. The first-order valence-electron chi connectivity index (χ1n) is 6.63. The van der Waals surface area contributed by atoms with E-state index in [1.165, 1.54) is 19.3 Å². The molecular weight excluding hydrogens is 218 g/mol. The van der Waals surface area contributed by atoms with E-state index in [-0.39, 0.29) is 18.0 Å². The first-order valence-corrected chi connectivity index (χ1v) is 6.63. The largest absolute Gasteiger partial charge is 0.461 e. The van der Waals surface area contributed by atoms with E-state index in [1.54, 1.807) is 0 Å². The van der Waals surface area contributed by atoms with Crippen molar-refractivity contribution >= 4 is 11.9 Å². The summed E-state index contributed by atoms with van der Waals surface area (Å²) in [6, 6.07) is -0.416. The molecule has 4 nitrogen and oxygen atoms in total.